The van der Waals surface area contributed by atoms with E-state index in [1.807, 2.05) is 0 Å². The number of urea groups is 1. The van der Waals surface area contributed by atoms with Crippen LogP contribution < -0.4 is 16.2 Å². The number of quaternary nitrogens is 1. The summed E-state index contributed by atoms with van der Waals surface area (Å²) >= 11 is 0. The van der Waals surface area contributed by atoms with Crippen LogP contribution in [0.15, 0.2) is 72.8 Å². The SMILES string of the molecule is CCOC(=O)c1ccc(NC(=O)N([C@@H]2CC[N+](C)(Cc3ccc(F)cc3)C2)[C@@H](Cc2ccc(O)cc2)C(N)=O)cc1.O=C([O-])C(F)(F)F. The molecule has 1 heterocycles. The van der Waals surface area contributed by atoms with E-state index in [9.17, 15) is 37.1 Å². The standard InChI is InChI=1S/C31H35FN4O5.C2HF3O2/c1-3-41-30(39)23-8-12-25(13-9-23)34-31(40)35(28(29(33)38)18-21-6-14-27(37)15-7-21)26-16-17-36(2,20-26)19-22-4-10-24(32)11-5-22;3-2(4,5)1(6)7/h4-15,26,28H,3,16-20H2,1-2H3,(H3-,33,34,37,38,39,40);(H,6,7)/t26-,28+,36?;/m1./s1. The van der Waals surface area contributed by atoms with Gasteiger partial charge in [0.05, 0.1) is 38.3 Å². The van der Waals surface area contributed by atoms with Crippen LogP contribution >= 0.6 is 0 Å². The number of carbonyl (C=O) groups excluding carboxylic acids is 4. The number of likely N-dealkylation sites (tertiary alicyclic amines) is 1. The number of anilines is 1. The van der Waals surface area contributed by atoms with E-state index in [4.69, 9.17) is 20.4 Å². The number of amides is 3. The highest BCUT2D eigenvalue weighted by molar-refractivity contribution is 5.95. The number of alkyl halides is 3. The highest BCUT2D eigenvalue weighted by Gasteiger charge is 2.43. The molecule has 0 bridgehead atoms. The number of aromatic hydroxyl groups is 1. The third kappa shape index (κ3) is 10.7. The number of halogens is 4. The van der Waals surface area contributed by atoms with Crippen molar-refractivity contribution >= 4 is 29.6 Å². The number of primary amides is 1. The van der Waals surface area contributed by atoms with Crippen LogP contribution in [0.5, 0.6) is 5.75 Å². The van der Waals surface area contributed by atoms with E-state index in [0.29, 0.717) is 35.2 Å². The Kier molecular flexibility index (Phi) is 12.5. The van der Waals surface area contributed by atoms with Gasteiger partial charge in [-0.05, 0) is 61.0 Å². The van der Waals surface area contributed by atoms with Gasteiger partial charge in [0.1, 0.15) is 30.1 Å². The predicted molar refractivity (Wildman–Crippen MR) is 164 cm³/mol. The van der Waals surface area contributed by atoms with Gasteiger partial charge in [-0.2, -0.15) is 13.2 Å². The summed E-state index contributed by atoms with van der Waals surface area (Å²) in [5.74, 6) is -4.32. The summed E-state index contributed by atoms with van der Waals surface area (Å²) in [4.78, 5) is 49.0. The molecule has 3 aromatic rings. The largest absolute Gasteiger partial charge is 0.542 e. The summed E-state index contributed by atoms with van der Waals surface area (Å²) < 4.78 is 50.6. The van der Waals surface area contributed by atoms with Gasteiger partial charge in [-0.15, -0.1) is 0 Å². The van der Waals surface area contributed by atoms with Crippen molar-refractivity contribution in [1.82, 2.24) is 4.90 Å². The fourth-order valence-electron chi connectivity index (χ4n) is 5.40. The molecule has 0 aromatic heterocycles. The molecule has 4 N–H and O–H groups in total. The fourth-order valence-corrected chi connectivity index (χ4v) is 5.40. The molecule has 1 aliphatic rings. The minimum Gasteiger partial charge on any atom is -0.542 e. The average molecular weight is 677 g/mol. The summed E-state index contributed by atoms with van der Waals surface area (Å²) in [7, 11) is 2.08. The maximum atomic E-state index is 13.8. The van der Waals surface area contributed by atoms with Gasteiger partial charge < -0.3 is 40.2 Å². The van der Waals surface area contributed by atoms with Crippen LogP contribution in [0.1, 0.15) is 34.8 Å². The van der Waals surface area contributed by atoms with Crippen molar-refractivity contribution in [1.29, 1.82) is 0 Å². The number of esters is 1. The van der Waals surface area contributed by atoms with Crippen molar-refractivity contribution in [3.63, 3.8) is 0 Å². The van der Waals surface area contributed by atoms with E-state index >= 15 is 0 Å². The third-order valence-corrected chi connectivity index (χ3v) is 7.67. The normalized spacial score (nSPS) is 17.8. The maximum Gasteiger partial charge on any atom is 0.430 e. The quantitative estimate of drug-likeness (QED) is 0.169. The smallest absolute Gasteiger partial charge is 0.430 e. The van der Waals surface area contributed by atoms with Crippen molar-refractivity contribution in [3.05, 3.63) is 95.3 Å². The highest BCUT2D eigenvalue weighted by Crippen LogP contribution is 2.28. The lowest BCUT2D eigenvalue weighted by atomic mass is 10.0. The molecule has 1 aliphatic heterocycles. The number of aliphatic carboxylic acids is 1. The van der Waals surface area contributed by atoms with Gasteiger partial charge in [0.25, 0.3) is 0 Å². The maximum absolute atomic E-state index is 13.8. The van der Waals surface area contributed by atoms with E-state index in [1.54, 1.807) is 55.5 Å². The number of nitrogens with one attached hydrogen (secondary N) is 1. The number of carboxylic acid groups (broad SMARTS) is 1. The second-order valence-electron chi connectivity index (χ2n) is 11.5. The Balaban J connectivity index is 0.000000804. The Morgan fingerprint density at radius 2 is 1.58 bits per heavy atom. The van der Waals surface area contributed by atoms with Gasteiger partial charge in [0.2, 0.25) is 5.91 Å². The molecule has 4 rings (SSSR count). The van der Waals surface area contributed by atoms with Gasteiger partial charge in [-0.3, -0.25) is 4.79 Å². The summed E-state index contributed by atoms with van der Waals surface area (Å²) in [5, 5.41) is 21.3. The number of nitrogens with two attached hydrogens (primary N) is 1. The molecule has 1 unspecified atom stereocenters. The minimum absolute atomic E-state index is 0.0925. The number of carboxylic acids is 1. The van der Waals surface area contributed by atoms with Crippen molar-refractivity contribution in [2.24, 2.45) is 5.73 Å². The topological polar surface area (TPSA) is 162 Å². The summed E-state index contributed by atoms with van der Waals surface area (Å²) in [6.45, 7) is 3.92. The highest BCUT2D eigenvalue weighted by atomic mass is 19.4. The first kappa shape index (κ1) is 37.3. The van der Waals surface area contributed by atoms with Crippen molar-refractivity contribution < 1.29 is 56.2 Å². The van der Waals surface area contributed by atoms with Crippen LogP contribution in [0.2, 0.25) is 0 Å². The second-order valence-corrected chi connectivity index (χ2v) is 11.5. The zero-order valence-corrected chi connectivity index (χ0v) is 26.2. The van der Waals surface area contributed by atoms with E-state index in [1.165, 1.54) is 29.2 Å². The molecular formula is C33H36F4N4O7. The molecule has 0 saturated carbocycles. The lowest BCUT2D eigenvalue weighted by Gasteiger charge is -2.36. The molecule has 1 fully saturated rings. The van der Waals surface area contributed by atoms with Gasteiger partial charge in [0.15, 0.2) is 0 Å². The number of nitrogens with zero attached hydrogens (tertiary/aromatic N) is 2. The monoisotopic (exact) mass is 676 g/mol. The number of ether oxygens (including phenoxy) is 1. The Morgan fingerprint density at radius 1 is 1.02 bits per heavy atom. The van der Waals surface area contributed by atoms with Gasteiger partial charge in [-0.25, -0.2) is 14.0 Å². The van der Waals surface area contributed by atoms with Crippen LogP contribution in [-0.4, -0.2) is 83.4 Å². The Bertz CT molecular complexity index is 1570. The first-order valence-electron chi connectivity index (χ1n) is 14.8. The second kappa shape index (κ2) is 16.1. The Labute approximate surface area is 274 Å². The zero-order valence-electron chi connectivity index (χ0n) is 26.2. The molecule has 0 aliphatic carbocycles. The molecular weight excluding hydrogens is 640 g/mol. The first-order chi connectivity index (χ1) is 22.5. The number of rotatable bonds is 10. The van der Waals surface area contributed by atoms with E-state index < -0.39 is 36.1 Å². The molecule has 3 atom stereocenters. The molecule has 258 valence electrons. The number of likely N-dealkylation sites (N-methyl/N-ethyl adjacent to an activating group) is 1. The van der Waals surface area contributed by atoms with Crippen LogP contribution in [0, 0.1) is 5.82 Å². The van der Waals surface area contributed by atoms with Gasteiger partial charge >= 0.3 is 18.2 Å². The van der Waals surface area contributed by atoms with Gasteiger partial charge in [0, 0.05) is 24.1 Å². The molecule has 48 heavy (non-hydrogen) atoms. The van der Waals surface area contributed by atoms with Crippen molar-refractivity contribution in [3.8, 4) is 5.75 Å². The Morgan fingerprint density at radius 3 is 2.10 bits per heavy atom. The third-order valence-electron chi connectivity index (χ3n) is 7.67. The minimum atomic E-state index is -5.19. The van der Waals surface area contributed by atoms with Crippen LogP contribution in [-0.2, 0) is 27.3 Å². The molecule has 3 aromatic carbocycles. The molecule has 15 heteroatoms. The molecule has 3 amide bonds. The van der Waals surface area contributed by atoms with Gasteiger partial charge in [-0.1, -0.05) is 24.3 Å². The number of hydrogen-bond donors (Lipinski definition) is 3. The summed E-state index contributed by atoms with van der Waals surface area (Å²) in [6, 6.07) is 17.4. The summed E-state index contributed by atoms with van der Waals surface area (Å²) in [6.07, 6.45) is -4.39. The van der Waals surface area contributed by atoms with Crippen LogP contribution in [0.3, 0.4) is 0 Å². The lowest BCUT2D eigenvalue weighted by molar-refractivity contribution is -0.911. The van der Waals surface area contributed by atoms with E-state index in [2.05, 4.69) is 12.4 Å². The zero-order chi connectivity index (χ0) is 35.6. The number of carbonyl (C=O) groups is 4. The predicted octanol–water partition coefficient (Wildman–Crippen LogP) is 3.36. The van der Waals surface area contributed by atoms with Crippen molar-refractivity contribution in [2.75, 3.05) is 32.1 Å². The fraction of sp³-hybridized carbons (Fsp3) is 0.333. The Hall–Kier alpha value is -5.18. The number of phenolic OH excluding ortho intramolecular Hbond substituents is 1. The molecule has 1 saturated heterocycles. The van der Waals surface area contributed by atoms with Crippen molar-refractivity contribution in [2.45, 2.75) is 44.6 Å². The first-order valence-corrected chi connectivity index (χ1v) is 14.8. The molecule has 0 spiro atoms. The average Bonchev–Trinajstić information content (AvgIpc) is 3.40. The number of phenols is 1. The van der Waals surface area contributed by atoms with Crippen LogP contribution in [0.25, 0.3) is 0 Å². The number of hydrogen-bond acceptors (Lipinski definition) is 7. The molecule has 0 radical (unpaired) electrons. The van der Waals surface area contributed by atoms with E-state index in [0.717, 1.165) is 17.7 Å². The lowest BCUT2D eigenvalue weighted by Crippen LogP contribution is -2.56. The summed E-state index contributed by atoms with van der Waals surface area (Å²) in [5.41, 5.74) is 8.42. The van der Waals surface area contributed by atoms with Crippen LogP contribution in [0.4, 0.5) is 28.0 Å². The van der Waals surface area contributed by atoms with E-state index in [-0.39, 0.29) is 30.6 Å². The number of benzene rings is 3. The molecule has 11 nitrogen and oxygen atoms in total.